The van der Waals surface area contributed by atoms with Crippen LogP contribution in [0.5, 0.6) is 0 Å². The van der Waals surface area contributed by atoms with E-state index in [9.17, 15) is 24.6 Å². The molecule has 0 spiro atoms. The van der Waals surface area contributed by atoms with Gasteiger partial charge >= 0.3 is 5.97 Å². The Morgan fingerprint density at radius 2 is 2.15 bits per heavy atom. The molecule has 0 aromatic carbocycles. The van der Waals surface area contributed by atoms with Crippen molar-refractivity contribution in [2.75, 3.05) is 13.6 Å². The number of aliphatic imine (C=N–C) groups is 1. The number of rotatable bonds is 9. The van der Waals surface area contributed by atoms with Gasteiger partial charge in [-0.2, -0.15) is 0 Å². The van der Waals surface area contributed by atoms with E-state index in [1.54, 1.807) is 18.9 Å². The first-order valence-corrected chi connectivity index (χ1v) is 9.44. The van der Waals surface area contributed by atoms with Crippen LogP contribution in [0.1, 0.15) is 27.2 Å². The summed E-state index contributed by atoms with van der Waals surface area (Å²) >= 11 is 1.45. The second-order valence-electron chi connectivity index (χ2n) is 6.73. The quantitative estimate of drug-likeness (QED) is 0.262. The molecule has 9 heteroatoms. The normalized spacial score (nSPS) is 27.3. The summed E-state index contributed by atoms with van der Waals surface area (Å²) in [7, 11) is 1.79. The van der Waals surface area contributed by atoms with E-state index in [0.29, 0.717) is 17.9 Å². The molecule has 2 heterocycles. The SMILES string of the molecule is CCC(CN(C)C=NC=O)SC1=C(C(=O)O)N2C(=O)[C@H]([C@@H](C)O)[C@H]2[C@H]1C. The van der Waals surface area contributed by atoms with Gasteiger partial charge in [-0.1, -0.05) is 13.8 Å². The average molecular weight is 383 g/mol. The summed E-state index contributed by atoms with van der Waals surface area (Å²) in [6.45, 7) is 6.05. The number of carboxylic acids is 1. The van der Waals surface area contributed by atoms with Gasteiger partial charge in [0, 0.05) is 29.7 Å². The van der Waals surface area contributed by atoms with Crippen molar-refractivity contribution in [3.8, 4) is 0 Å². The minimum Gasteiger partial charge on any atom is -0.477 e. The lowest BCUT2D eigenvalue weighted by Crippen LogP contribution is -2.63. The zero-order valence-corrected chi connectivity index (χ0v) is 16.1. The number of aliphatic hydroxyl groups excluding tert-OH is 1. The van der Waals surface area contributed by atoms with E-state index in [0.717, 1.165) is 6.42 Å². The Labute approximate surface area is 156 Å². The molecule has 144 valence electrons. The van der Waals surface area contributed by atoms with Gasteiger partial charge in [-0.05, 0) is 13.3 Å². The molecule has 0 bridgehead atoms. The zero-order valence-electron chi connectivity index (χ0n) is 15.3. The molecule has 0 aliphatic carbocycles. The Morgan fingerprint density at radius 3 is 2.65 bits per heavy atom. The Bertz CT molecular complexity index is 648. The molecular weight excluding hydrogens is 358 g/mol. The van der Waals surface area contributed by atoms with Crippen molar-refractivity contribution in [1.82, 2.24) is 9.80 Å². The molecule has 1 fully saturated rings. The summed E-state index contributed by atoms with van der Waals surface area (Å²) in [4.78, 5) is 41.8. The number of amides is 2. The van der Waals surface area contributed by atoms with Crippen molar-refractivity contribution in [3.05, 3.63) is 10.6 Å². The fourth-order valence-electron chi connectivity index (χ4n) is 3.62. The highest BCUT2D eigenvalue weighted by atomic mass is 32.2. The van der Waals surface area contributed by atoms with E-state index in [1.807, 2.05) is 13.8 Å². The highest BCUT2D eigenvalue weighted by molar-refractivity contribution is 8.03. The molecule has 5 atom stereocenters. The number of nitrogens with zero attached hydrogens (tertiary/aromatic N) is 3. The van der Waals surface area contributed by atoms with Gasteiger partial charge in [-0.15, -0.1) is 11.8 Å². The van der Waals surface area contributed by atoms with Gasteiger partial charge in [-0.3, -0.25) is 9.59 Å². The van der Waals surface area contributed by atoms with Crippen molar-refractivity contribution >= 4 is 36.4 Å². The number of thioether (sulfide) groups is 1. The molecule has 2 N–H and O–H groups in total. The number of carbonyl (C=O) groups excluding carboxylic acids is 2. The number of carbonyl (C=O) groups is 3. The molecule has 2 aliphatic heterocycles. The third kappa shape index (κ3) is 3.64. The fourth-order valence-corrected chi connectivity index (χ4v) is 5.10. The van der Waals surface area contributed by atoms with Crippen molar-refractivity contribution in [1.29, 1.82) is 0 Å². The smallest absolute Gasteiger partial charge is 0.353 e. The number of carboxylic acid groups (broad SMARTS) is 1. The topological polar surface area (TPSA) is 111 Å². The van der Waals surface area contributed by atoms with Gasteiger partial charge < -0.3 is 20.0 Å². The number of hydrogen-bond donors (Lipinski definition) is 2. The fraction of sp³-hybridized carbons (Fsp3) is 0.647. The first-order chi connectivity index (χ1) is 12.2. The van der Waals surface area contributed by atoms with Crippen LogP contribution in [0.15, 0.2) is 15.6 Å². The van der Waals surface area contributed by atoms with E-state index < -0.39 is 18.0 Å². The third-order valence-electron chi connectivity index (χ3n) is 4.88. The predicted molar refractivity (Wildman–Crippen MR) is 98.5 cm³/mol. The molecule has 2 aliphatic rings. The maximum atomic E-state index is 12.3. The monoisotopic (exact) mass is 383 g/mol. The van der Waals surface area contributed by atoms with Crippen LogP contribution < -0.4 is 0 Å². The van der Waals surface area contributed by atoms with E-state index >= 15 is 0 Å². The van der Waals surface area contributed by atoms with E-state index in [4.69, 9.17) is 0 Å². The van der Waals surface area contributed by atoms with Gasteiger partial charge in [0.15, 0.2) is 0 Å². The number of aliphatic carboxylic acids is 1. The minimum absolute atomic E-state index is 0.0389. The minimum atomic E-state index is -1.12. The summed E-state index contributed by atoms with van der Waals surface area (Å²) in [5.74, 6) is -2.15. The van der Waals surface area contributed by atoms with E-state index in [2.05, 4.69) is 4.99 Å². The van der Waals surface area contributed by atoms with Crippen molar-refractivity contribution in [3.63, 3.8) is 0 Å². The van der Waals surface area contributed by atoms with Gasteiger partial charge in [0.05, 0.1) is 24.4 Å². The van der Waals surface area contributed by atoms with Crippen LogP contribution in [0.2, 0.25) is 0 Å². The second kappa shape index (κ2) is 8.22. The van der Waals surface area contributed by atoms with Gasteiger partial charge in [0.25, 0.3) is 0 Å². The average Bonchev–Trinajstić information content (AvgIpc) is 2.81. The summed E-state index contributed by atoms with van der Waals surface area (Å²) in [5.41, 5.74) is 0.0389. The Morgan fingerprint density at radius 1 is 1.50 bits per heavy atom. The van der Waals surface area contributed by atoms with E-state index in [1.165, 1.54) is 23.0 Å². The summed E-state index contributed by atoms with van der Waals surface area (Å²) in [6.07, 6.45) is 1.87. The standard InChI is InChI=1S/C17H25N3O5S/c1-5-11(6-19(4)7-18-8-21)26-15-9(2)13-12(10(3)22)16(23)20(13)14(15)17(24)25/h7-13,22H,5-6H2,1-4H3,(H,24,25)/t9-,10-,11?,12-,13-/m1/s1. The molecule has 0 radical (unpaired) electrons. The predicted octanol–water partition coefficient (Wildman–Crippen LogP) is 0.768. The maximum Gasteiger partial charge on any atom is 0.353 e. The second-order valence-corrected chi connectivity index (χ2v) is 8.07. The highest BCUT2D eigenvalue weighted by Crippen LogP contribution is 2.51. The molecule has 26 heavy (non-hydrogen) atoms. The number of hydrogen-bond acceptors (Lipinski definition) is 5. The van der Waals surface area contributed by atoms with Crippen LogP contribution >= 0.6 is 11.8 Å². The highest BCUT2D eigenvalue weighted by Gasteiger charge is 2.60. The molecule has 1 unspecified atom stereocenters. The van der Waals surface area contributed by atoms with Crippen LogP contribution in [0.4, 0.5) is 0 Å². The van der Waals surface area contributed by atoms with Crippen LogP contribution in [0, 0.1) is 11.8 Å². The van der Waals surface area contributed by atoms with Crippen LogP contribution in [-0.4, -0.2) is 75.6 Å². The third-order valence-corrected chi connectivity index (χ3v) is 6.51. The van der Waals surface area contributed by atoms with Crippen molar-refractivity contribution in [2.45, 2.75) is 44.6 Å². The largest absolute Gasteiger partial charge is 0.477 e. The Balaban J connectivity index is 2.23. The molecule has 8 nitrogen and oxygen atoms in total. The van der Waals surface area contributed by atoms with Crippen molar-refractivity contribution in [2.24, 2.45) is 16.8 Å². The molecule has 0 saturated carbocycles. The molecule has 1 saturated heterocycles. The lowest BCUT2D eigenvalue weighted by atomic mass is 9.79. The van der Waals surface area contributed by atoms with Gasteiger partial charge in [0.2, 0.25) is 12.3 Å². The maximum absolute atomic E-state index is 12.3. The zero-order chi connectivity index (χ0) is 19.6. The molecule has 0 aromatic rings. The molecule has 2 amide bonds. The van der Waals surface area contributed by atoms with Crippen LogP contribution in [0.3, 0.4) is 0 Å². The summed E-state index contributed by atoms with van der Waals surface area (Å²) in [6, 6.07) is -0.303. The number of β-lactam (4-membered cyclic amide) rings is 1. The van der Waals surface area contributed by atoms with E-state index in [-0.39, 0.29) is 28.8 Å². The lowest BCUT2D eigenvalue weighted by Gasteiger charge is -2.46. The van der Waals surface area contributed by atoms with Gasteiger partial charge in [0.1, 0.15) is 5.70 Å². The first kappa shape index (κ1) is 20.4. The Hall–Kier alpha value is -1.87. The molecular formula is C17H25N3O5S. The first-order valence-electron chi connectivity index (χ1n) is 8.56. The summed E-state index contributed by atoms with van der Waals surface area (Å²) in [5, 5.41) is 19.6. The number of aliphatic hydroxyl groups is 1. The van der Waals surface area contributed by atoms with Crippen molar-refractivity contribution < 1.29 is 24.6 Å². The number of fused-ring (bicyclic) bond motifs is 1. The molecule has 0 aromatic heterocycles. The summed E-state index contributed by atoms with van der Waals surface area (Å²) < 4.78 is 0. The van der Waals surface area contributed by atoms with Crippen LogP contribution in [0.25, 0.3) is 0 Å². The van der Waals surface area contributed by atoms with Crippen LogP contribution in [-0.2, 0) is 14.4 Å². The van der Waals surface area contributed by atoms with Gasteiger partial charge in [-0.25, -0.2) is 9.79 Å². The Kier molecular flexibility index (Phi) is 6.46. The molecule has 2 rings (SSSR count). The lowest BCUT2D eigenvalue weighted by molar-refractivity contribution is -0.163.